The molecule has 3 rings (SSSR count). The largest absolute Gasteiger partial charge is 0.393 e. The number of aromatic amines is 1. The molecule has 0 amide bonds. The summed E-state index contributed by atoms with van der Waals surface area (Å²) < 4.78 is 1.33. The number of nitrogens with one attached hydrogen (secondary N) is 1. The van der Waals surface area contributed by atoms with Crippen LogP contribution >= 0.6 is 0 Å². The molecule has 0 saturated carbocycles. The van der Waals surface area contributed by atoms with Crippen LogP contribution in [0.3, 0.4) is 0 Å². The van der Waals surface area contributed by atoms with Gasteiger partial charge in [0.25, 0.3) is 11.3 Å². The Morgan fingerprint density at radius 1 is 1.36 bits per heavy atom. The lowest BCUT2D eigenvalue weighted by Crippen LogP contribution is -2.34. The fraction of sp³-hybridized carbons (Fsp3) is 0.643. The van der Waals surface area contributed by atoms with E-state index in [9.17, 15) is 15.0 Å². The topological polar surface area (TPSA) is 107 Å². The van der Waals surface area contributed by atoms with E-state index in [1.54, 1.807) is 6.92 Å². The monoisotopic (exact) mass is 307 g/mol. The Kier molecular flexibility index (Phi) is 3.98. The normalized spacial score (nSPS) is 23.8. The first-order valence-electron chi connectivity index (χ1n) is 7.50. The zero-order valence-electron chi connectivity index (χ0n) is 12.6. The van der Waals surface area contributed by atoms with Crippen LogP contribution in [0.15, 0.2) is 10.9 Å². The number of rotatable bonds is 3. The third-order valence-electron chi connectivity index (χ3n) is 4.19. The fourth-order valence-corrected chi connectivity index (χ4v) is 2.89. The number of aromatic nitrogens is 4. The van der Waals surface area contributed by atoms with Gasteiger partial charge in [-0.2, -0.15) is 9.50 Å². The van der Waals surface area contributed by atoms with E-state index in [4.69, 9.17) is 0 Å². The molecule has 8 heteroatoms. The standard InChI is InChI=1S/C14H21N5O3/c1-10-15-13-16-11(7-12(21)19(13)17-10)8-18-5-2-3-14(22,9-20)4-6-18/h7,20,22H,2-6,8-9H2,1H3,(H,15,16,17). The zero-order valence-corrected chi connectivity index (χ0v) is 12.6. The molecule has 0 aromatic carbocycles. The molecule has 3 N–H and O–H groups in total. The lowest BCUT2D eigenvalue weighted by atomic mass is 9.96. The highest BCUT2D eigenvalue weighted by atomic mass is 16.3. The molecule has 0 aliphatic carbocycles. The molecule has 0 radical (unpaired) electrons. The number of hydrogen-bond acceptors (Lipinski definition) is 6. The van der Waals surface area contributed by atoms with Crippen molar-refractivity contribution in [3.63, 3.8) is 0 Å². The Labute approximate surface area is 127 Å². The molecule has 120 valence electrons. The van der Waals surface area contributed by atoms with Crippen LogP contribution in [-0.2, 0) is 6.54 Å². The molecule has 0 spiro atoms. The summed E-state index contributed by atoms with van der Waals surface area (Å²) >= 11 is 0. The van der Waals surface area contributed by atoms with E-state index in [1.165, 1.54) is 10.6 Å². The maximum Gasteiger partial charge on any atom is 0.274 e. The molecule has 1 atom stereocenters. The minimum atomic E-state index is -0.981. The Bertz CT molecular complexity index is 725. The van der Waals surface area contributed by atoms with Crippen molar-refractivity contribution in [2.45, 2.75) is 38.3 Å². The number of nitrogens with zero attached hydrogens (tertiary/aromatic N) is 4. The van der Waals surface area contributed by atoms with Crippen LogP contribution in [0.25, 0.3) is 5.78 Å². The molecule has 8 nitrogen and oxygen atoms in total. The van der Waals surface area contributed by atoms with E-state index >= 15 is 0 Å². The molecule has 0 bridgehead atoms. The van der Waals surface area contributed by atoms with E-state index < -0.39 is 5.60 Å². The van der Waals surface area contributed by atoms with Crippen molar-refractivity contribution in [3.8, 4) is 0 Å². The molecule has 1 saturated heterocycles. The molecular weight excluding hydrogens is 286 g/mol. The maximum atomic E-state index is 12.0. The number of aliphatic hydroxyl groups is 2. The highest BCUT2D eigenvalue weighted by Crippen LogP contribution is 2.22. The molecule has 1 aliphatic rings. The number of fused-ring (bicyclic) bond motifs is 1. The number of aryl methyl sites for hydroxylation is 1. The van der Waals surface area contributed by atoms with Crippen molar-refractivity contribution in [2.75, 3.05) is 19.7 Å². The summed E-state index contributed by atoms with van der Waals surface area (Å²) in [4.78, 5) is 22.8. The first-order chi connectivity index (χ1) is 10.5. The minimum absolute atomic E-state index is 0.178. The van der Waals surface area contributed by atoms with Crippen LogP contribution in [0.5, 0.6) is 0 Å². The van der Waals surface area contributed by atoms with Crippen LogP contribution in [0.1, 0.15) is 30.8 Å². The molecule has 22 heavy (non-hydrogen) atoms. The van der Waals surface area contributed by atoms with Crippen LogP contribution < -0.4 is 5.56 Å². The van der Waals surface area contributed by atoms with Crippen LogP contribution in [0, 0.1) is 6.92 Å². The van der Waals surface area contributed by atoms with Gasteiger partial charge >= 0.3 is 0 Å². The Hall–Kier alpha value is -1.77. The molecular formula is C14H21N5O3. The van der Waals surface area contributed by atoms with Crippen molar-refractivity contribution >= 4 is 5.78 Å². The second-order valence-electron chi connectivity index (χ2n) is 6.04. The highest BCUT2D eigenvalue weighted by Gasteiger charge is 2.29. The van der Waals surface area contributed by atoms with Gasteiger partial charge in [-0.1, -0.05) is 0 Å². The first-order valence-corrected chi connectivity index (χ1v) is 7.50. The predicted molar refractivity (Wildman–Crippen MR) is 79.5 cm³/mol. The van der Waals surface area contributed by atoms with Crippen LogP contribution in [0.2, 0.25) is 0 Å². The molecule has 2 aromatic rings. The van der Waals surface area contributed by atoms with Gasteiger partial charge < -0.3 is 10.2 Å². The van der Waals surface area contributed by atoms with E-state index in [-0.39, 0.29) is 12.2 Å². The summed E-state index contributed by atoms with van der Waals surface area (Å²) in [6, 6.07) is 1.51. The molecule has 1 unspecified atom stereocenters. The van der Waals surface area contributed by atoms with Gasteiger partial charge in [0.2, 0.25) is 0 Å². The number of likely N-dealkylation sites (tertiary alicyclic amines) is 1. The van der Waals surface area contributed by atoms with Crippen molar-refractivity contribution in [1.82, 2.24) is 24.5 Å². The summed E-state index contributed by atoms with van der Waals surface area (Å²) in [6.45, 7) is 3.58. The Morgan fingerprint density at radius 3 is 2.95 bits per heavy atom. The van der Waals surface area contributed by atoms with Gasteiger partial charge in [-0.15, -0.1) is 0 Å². The van der Waals surface area contributed by atoms with E-state index in [0.717, 1.165) is 13.0 Å². The van der Waals surface area contributed by atoms with Crippen molar-refractivity contribution in [2.24, 2.45) is 0 Å². The quantitative estimate of drug-likeness (QED) is 0.701. The van der Waals surface area contributed by atoms with Crippen LogP contribution in [-0.4, -0.2) is 60.0 Å². The number of H-pyrrole nitrogens is 1. The SMILES string of the molecule is Cc1nc2nc(CN3CCCC(O)(CO)CC3)cc(=O)n2[nH]1. The summed E-state index contributed by atoms with van der Waals surface area (Å²) in [5.41, 5.74) is -0.487. The molecule has 3 heterocycles. The third kappa shape index (κ3) is 3.03. The van der Waals surface area contributed by atoms with Gasteiger partial charge in [0.1, 0.15) is 5.82 Å². The second-order valence-corrected chi connectivity index (χ2v) is 6.04. The van der Waals surface area contributed by atoms with Crippen molar-refractivity contribution < 1.29 is 10.2 Å². The van der Waals surface area contributed by atoms with Gasteiger partial charge in [-0.05, 0) is 32.7 Å². The third-order valence-corrected chi connectivity index (χ3v) is 4.19. The lowest BCUT2D eigenvalue weighted by molar-refractivity contribution is -0.0255. The zero-order chi connectivity index (χ0) is 15.7. The van der Waals surface area contributed by atoms with E-state index in [0.29, 0.717) is 43.2 Å². The van der Waals surface area contributed by atoms with E-state index in [2.05, 4.69) is 20.0 Å². The molecule has 2 aromatic heterocycles. The smallest absolute Gasteiger partial charge is 0.274 e. The maximum absolute atomic E-state index is 12.0. The van der Waals surface area contributed by atoms with Gasteiger partial charge in [0.15, 0.2) is 0 Å². The average Bonchev–Trinajstić information content (AvgIpc) is 2.75. The summed E-state index contributed by atoms with van der Waals surface area (Å²) in [5.74, 6) is 1.02. The molecule has 1 fully saturated rings. The van der Waals surface area contributed by atoms with Gasteiger partial charge in [-0.25, -0.2) is 4.98 Å². The van der Waals surface area contributed by atoms with Crippen LogP contribution in [0.4, 0.5) is 0 Å². The Balaban J connectivity index is 1.77. The predicted octanol–water partition coefficient (Wildman–Crippen LogP) is -0.565. The second kappa shape index (κ2) is 5.79. The highest BCUT2D eigenvalue weighted by molar-refractivity contribution is 5.27. The minimum Gasteiger partial charge on any atom is -0.393 e. The number of aliphatic hydroxyl groups excluding tert-OH is 1. The number of hydrogen-bond donors (Lipinski definition) is 3. The van der Waals surface area contributed by atoms with Gasteiger partial charge in [0.05, 0.1) is 17.9 Å². The summed E-state index contributed by atoms with van der Waals surface area (Å²) in [7, 11) is 0. The molecule has 1 aliphatic heterocycles. The lowest BCUT2D eigenvalue weighted by Gasteiger charge is -2.24. The first kappa shape index (κ1) is 15.1. The summed E-state index contributed by atoms with van der Waals surface area (Å²) in [6.07, 6.45) is 1.92. The van der Waals surface area contributed by atoms with Crippen molar-refractivity contribution in [1.29, 1.82) is 0 Å². The fourth-order valence-electron chi connectivity index (χ4n) is 2.89. The van der Waals surface area contributed by atoms with Gasteiger partial charge in [0, 0.05) is 19.2 Å². The summed E-state index contributed by atoms with van der Waals surface area (Å²) in [5, 5.41) is 22.3. The van der Waals surface area contributed by atoms with Crippen molar-refractivity contribution in [3.05, 3.63) is 27.9 Å². The van der Waals surface area contributed by atoms with E-state index in [1.807, 2.05) is 0 Å². The Morgan fingerprint density at radius 2 is 2.18 bits per heavy atom. The average molecular weight is 307 g/mol. The van der Waals surface area contributed by atoms with Gasteiger partial charge in [-0.3, -0.25) is 14.8 Å².